The Morgan fingerprint density at radius 3 is 2.86 bits per heavy atom. The van der Waals surface area contributed by atoms with Crippen LogP contribution in [0.3, 0.4) is 0 Å². The summed E-state index contributed by atoms with van der Waals surface area (Å²) in [6.45, 7) is 5.62. The minimum absolute atomic E-state index is 0.0362. The quantitative estimate of drug-likeness (QED) is 0.543. The van der Waals surface area contributed by atoms with Crippen LogP contribution in [0.25, 0.3) is 0 Å². The molecule has 0 saturated heterocycles. The molecular formula is C10H10NO3. The number of benzene rings is 1. The first kappa shape index (κ1) is 10.2. The average molecular weight is 192 g/mol. The number of nitrogens with zero attached hydrogens (tertiary/aromatic N) is 1. The van der Waals surface area contributed by atoms with Gasteiger partial charge in [-0.15, -0.1) is 0 Å². The summed E-state index contributed by atoms with van der Waals surface area (Å²) in [5, 5.41) is 10.6. The number of nitro groups is 1. The van der Waals surface area contributed by atoms with Gasteiger partial charge in [-0.3, -0.25) is 10.1 Å². The summed E-state index contributed by atoms with van der Waals surface area (Å²) in [7, 11) is 0. The normalized spacial score (nSPS) is 9.50. The van der Waals surface area contributed by atoms with Crippen molar-refractivity contribution in [2.45, 2.75) is 6.92 Å². The molecule has 0 heterocycles. The summed E-state index contributed by atoms with van der Waals surface area (Å²) in [4.78, 5) is 10.1. The lowest BCUT2D eigenvalue weighted by Crippen LogP contribution is -1.97. The summed E-state index contributed by atoms with van der Waals surface area (Å²) < 4.78 is 5.13. The highest BCUT2D eigenvalue weighted by Crippen LogP contribution is 2.27. The van der Waals surface area contributed by atoms with Crippen molar-refractivity contribution in [1.29, 1.82) is 0 Å². The first-order valence-electron chi connectivity index (χ1n) is 4.13. The van der Waals surface area contributed by atoms with Gasteiger partial charge >= 0.3 is 5.69 Å². The number of hydrogen-bond donors (Lipinski definition) is 0. The molecule has 4 nitrogen and oxygen atoms in total. The number of rotatable bonds is 4. The molecule has 0 unspecified atom stereocenters. The molecule has 1 aromatic rings. The Hall–Kier alpha value is -1.84. The van der Waals surface area contributed by atoms with Gasteiger partial charge in [0.1, 0.15) is 0 Å². The zero-order valence-electron chi connectivity index (χ0n) is 7.82. The van der Waals surface area contributed by atoms with Crippen molar-refractivity contribution in [3.05, 3.63) is 46.5 Å². The van der Waals surface area contributed by atoms with Crippen molar-refractivity contribution in [2.24, 2.45) is 0 Å². The summed E-state index contributed by atoms with van der Waals surface area (Å²) >= 11 is 0. The summed E-state index contributed by atoms with van der Waals surface area (Å²) in [6.07, 6.45) is 2.64. The fourth-order valence-electron chi connectivity index (χ4n) is 1.05. The molecule has 4 heteroatoms. The van der Waals surface area contributed by atoms with E-state index in [9.17, 15) is 10.1 Å². The minimum atomic E-state index is -0.474. The first-order chi connectivity index (χ1) is 6.69. The molecule has 0 aliphatic rings. The van der Waals surface area contributed by atoms with Crippen LogP contribution in [-0.4, -0.2) is 11.5 Å². The van der Waals surface area contributed by atoms with Gasteiger partial charge in [0.25, 0.3) is 0 Å². The Labute approximate surface area is 82.0 Å². The van der Waals surface area contributed by atoms with Gasteiger partial charge in [0.15, 0.2) is 5.75 Å². The van der Waals surface area contributed by atoms with E-state index in [4.69, 9.17) is 4.74 Å². The third-order valence-corrected chi connectivity index (χ3v) is 1.66. The Kier molecular flexibility index (Phi) is 3.23. The van der Waals surface area contributed by atoms with Gasteiger partial charge in [-0.05, 0) is 30.7 Å². The molecule has 0 saturated carbocycles. The van der Waals surface area contributed by atoms with Gasteiger partial charge in [0.05, 0.1) is 11.5 Å². The third-order valence-electron chi connectivity index (χ3n) is 1.66. The molecule has 0 N–H and O–H groups in total. The molecule has 0 bridgehead atoms. The molecule has 0 aliphatic carbocycles. The van der Waals surface area contributed by atoms with Crippen molar-refractivity contribution in [1.82, 2.24) is 0 Å². The van der Waals surface area contributed by atoms with E-state index in [1.165, 1.54) is 6.07 Å². The highest BCUT2D eigenvalue weighted by Gasteiger charge is 2.14. The fraction of sp³-hybridized carbons (Fsp3) is 0.200. The molecule has 0 amide bonds. The molecule has 0 aromatic heterocycles. The second-order valence-corrected chi connectivity index (χ2v) is 2.55. The SMILES string of the molecule is C=[C]c1ccc([N+](=O)[O-])c(OCC)c1. The van der Waals surface area contributed by atoms with Gasteiger partial charge in [-0.25, -0.2) is 0 Å². The minimum Gasteiger partial charge on any atom is -0.487 e. The van der Waals surface area contributed by atoms with Gasteiger partial charge < -0.3 is 4.74 Å². The van der Waals surface area contributed by atoms with E-state index < -0.39 is 4.92 Å². The van der Waals surface area contributed by atoms with Crippen LogP contribution >= 0.6 is 0 Å². The van der Waals surface area contributed by atoms with Gasteiger partial charge in [-0.2, -0.15) is 0 Å². The zero-order valence-corrected chi connectivity index (χ0v) is 7.82. The second kappa shape index (κ2) is 4.41. The topological polar surface area (TPSA) is 52.4 Å². The maximum atomic E-state index is 10.6. The number of hydrogen-bond acceptors (Lipinski definition) is 3. The summed E-state index contributed by atoms with van der Waals surface area (Å²) in [5.41, 5.74) is 0.643. The molecule has 0 spiro atoms. The fourth-order valence-corrected chi connectivity index (χ4v) is 1.05. The van der Waals surface area contributed by atoms with Gasteiger partial charge in [0.2, 0.25) is 0 Å². The first-order valence-corrected chi connectivity index (χ1v) is 4.13. The predicted molar refractivity (Wildman–Crippen MR) is 52.2 cm³/mol. The van der Waals surface area contributed by atoms with Gasteiger partial charge in [-0.1, -0.05) is 6.58 Å². The van der Waals surface area contributed by atoms with Crippen LogP contribution in [0.2, 0.25) is 0 Å². The smallest absolute Gasteiger partial charge is 0.310 e. The molecule has 1 aromatic carbocycles. The molecule has 0 atom stereocenters. The van der Waals surface area contributed by atoms with Crippen molar-refractivity contribution in [2.75, 3.05) is 6.61 Å². The van der Waals surface area contributed by atoms with Crippen molar-refractivity contribution in [3.8, 4) is 5.75 Å². The Morgan fingerprint density at radius 1 is 1.64 bits per heavy atom. The lowest BCUT2D eigenvalue weighted by molar-refractivity contribution is -0.385. The molecule has 0 fully saturated rings. The lowest BCUT2D eigenvalue weighted by atomic mass is 10.2. The maximum absolute atomic E-state index is 10.6. The third kappa shape index (κ3) is 2.10. The van der Waals surface area contributed by atoms with Crippen LogP contribution in [0.1, 0.15) is 12.5 Å². The van der Waals surface area contributed by atoms with Crippen LogP contribution in [0, 0.1) is 16.2 Å². The molecule has 73 valence electrons. The molecular weight excluding hydrogens is 182 g/mol. The Bertz CT molecular complexity index is 360. The average Bonchev–Trinajstić information content (AvgIpc) is 2.17. The van der Waals surface area contributed by atoms with E-state index in [0.717, 1.165) is 0 Å². The van der Waals surface area contributed by atoms with Gasteiger partial charge in [0, 0.05) is 6.07 Å². The summed E-state index contributed by atoms with van der Waals surface area (Å²) in [5.74, 6) is 0.256. The molecule has 1 rings (SSSR count). The standard InChI is InChI=1S/C10H10NO3/c1-3-8-5-6-9(11(12)13)10(7-8)14-4-2/h5-7H,1,4H2,2H3. The van der Waals surface area contributed by atoms with Crippen LogP contribution < -0.4 is 4.74 Å². The van der Waals surface area contributed by atoms with Crippen molar-refractivity contribution < 1.29 is 9.66 Å². The molecule has 14 heavy (non-hydrogen) atoms. The Morgan fingerprint density at radius 2 is 2.36 bits per heavy atom. The number of nitro benzene ring substituents is 1. The second-order valence-electron chi connectivity index (χ2n) is 2.55. The zero-order chi connectivity index (χ0) is 10.6. The van der Waals surface area contributed by atoms with E-state index in [1.54, 1.807) is 19.1 Å². The highest BCUT2D eigenvalue weighted by atomic mass is 16.6. The van der Waals surface area contributed by atoms with E-state index in [1.807, 2.05) is 0 Å². The summed E-state index contributed by atoms with van der Waals surface area (Å²) in [6, 6.07) is 4.51. The lowest BCUT2D eigenvalue weighted by Gasteiger charge is -2.04. The Balaban J connectivity index is 3.16. The van der Waals surface area contributed by atoms with E-state index in [0.29, 0.717) is 12.2 Å². The number of ether oxygens (including phenoxy) is 1. The van der Waals surface area contributed by atoms with Crippen LogP contribution in [0.5, 0.6) is 5.75 Å². The van der Waals surface area contributed by atoms with Crippen molar-refractivity contribution in [3.63, 3.8) is 0 Å². The molecule has 1 radical (unpaired) electrons. The predicted octanol–water partition coefficient (Wildman–Crippen LogP) is 2.33. The van der Waals surface area contributed by atoms with Crippen molar-refractivity contribution >= 4 is 5.69 Å². The van der Waals surface area contributed by atoms with E-state index in [2.05, 4.69) is 12.7 Å². The van der Waals surface area contributed by atoms with E-state index >= 15 is 0 Å². The maximum Gasteiger partial charge on any atom is 0.310 e. The largest absolute Gasteiger partial charge is 0.487 e. The highest BCUT2D eigenvalue weighted by molar-refractivity contribution is 5.49. The van der Waals surface area contributed by atoms with Crippen LogP contribution in [0.4, 0.5) is 5.69 Å². The van der Waals surface area contributed by atoms with Crippen LogP contribution in [-0.2, 0) is 0 Å². The monoisotopic (exact) mass is 192 g/mol. The van der Waals surface area contributed by atoms with Crippen LogP contribution in [0.15, 0.2) is 24.8 Å². The van der Waals surface area contributed by atoms with E-state index in [-0.39, 0.29) is 11.4 Å². The molecule has 0 aliphatic heterocycles.